The minimum Gasteiger partial charge on any atom is -0.388 e. The molecule has 1 rings (SSSR count). The second-order valence-corrected chi connectivity index (χ2v) is 6.00. The van der Waals surface area contributed by atoms with Crippen molar-refractivity contribution >= 4 is 17.6 Å². The van der Waals surface area contributed by atoms with Gasteiger partial charge in [-0.25, -0.2) is 0 Å². The Morgan fingerprint density at radius 1 is 1.26 bits per heavy atom. The van der Waals surface area contributed by atoms with Crippen LogP contribution in [0.15, 0.2) is 0 Å². The van der Waals surface area contributed by atoms with Gasteiger partial charge in [0.05, 0.1) is 6.54 Å². The van der Waals surface area contributed by atoms with Crippen molar-refractivity contribution in [2.75, 3.05) is 20.2 Å². The number of hydrogen-bond donors (Lipinski definition) is 2. The molecule has 0 aliphatic carbocycles. The van der Waals surface area contributed by atoms with Crippen LogP contribution in [0, 0.1) is 0 Å². The third-order valence-electron chi connectivity index (χ3n) is 3.81. The summed E-state index contributed by atoms with van der Waals surface area (Å²) in [5, 5.41) is 11.5. The minimum absolute atomic E-state index is 0.134. The highest BCUT2D eigenvalue weighted by Gasteiger charge is 2.50. The van der Waals surface area contributed by atoms with Crippen LogP contribution in [0.1, 0.15) is 34.1 Å². The number of Topliss-reactive ketones (excluding diaryl/α,β-unsaturated/α-hetero) is 1. The zero-order chi connectivity index (χ0) is 17.8. The van der Waals surface area contributed by atoms with Crippen molar-refractivity contribution in [3.63, 3.8) is 0 Å². The molecule has 1 aliphatic rings. The monoisotopic (exact) mass is 330 g/mol. The van der Waals surface area contributed by atoms with Crippen molar-refractivity contribution in [2.45, 2.75) is 58.2 Å². The van der Waals surface area contributed by atoms with Crippen LogP contribution in [0.3, 0.4) is 0 Å². The molecule has 3 atom stereocenters. The average Bonchev–Trinajstić information content (AvgIpc) is 2.85. The number of hydrogen-bond acceptors (Lipinski definition) is 6. The van der Waals surface area contributed by atoms with Gasteiger partial charge >= 0.3 is 0 Å². The number of ether oxygens (including phenoxy) is 2. The van der Waals surface area contributed by atoms with Gasteiger partial charge in [0.25, 0.3) is 5.91 Å². The van der Waals surface area contributed by atoms with Crippen LogP contribution >= 0.6 is 0 Å². The van der Waals surface area contributed by atoms with Crippen LogP contribution in [0.25, 0.3) is 0 Å². The van der Waals surface area contributed by atoms with E-state index >= 15 is 0 Å². The van der Waals surface area contributed by atoms with Crippen molar-refractivity contribution in [1.29, 1.82) is 0 Å². The topological polar surface area (TPSA) is 105 Å². The Morgan fingerprint density at radius 3 is 2.30 bits per heavy atom. The van der Waals surface area contributed by atoms with E-state index in [0.29, 0.717) is 6.42 Å². The molecule has 1 fully saturated rings. The van der Waals surface area contributed by atoms with Crippen LogP contribution in [-0.4, -0.2) is 71.8 Å². The van der Waals surface area contributed by atoms with Crippen LogP contribution in [0.2, 0.25) is 0 Å². The molecule has 2 N–H and O–H groups in total. The lowest BCUT2D eigenvalue weighted by Crippen LogP contribution is -2.52. The van der Waals surface area contributed by atoms with E-state index < -0.39 is 36.3 Å². The fourth-order valence-corrected chi connectivity index (χ4v) is 2.34. The predicted molar refractivity (Wildman–Crippen MR) is 81.5 cm³/mol. The summed E-state index contributed by atoms with van der Waals surface area (Å²) in [4.78, 5) is 37.7. The first-order valence-electron chi connectivity index (χ1n) is 7.67. The van der Waals surface area contributed by atoms with E-state index in [1.165, 1.54) is 11.9 Å². The highest BCUT2D eigenvalue weighted by molar-refractivity contribution is 5.94. The number of rotatable bonds is 7. The summed E-state index contributed by atoms with van der Waals surface area (Å²) in [6, 6.07) is -0.211. The van der Waals surface area contributed by atoms with Crippen molar-refractivity contribution in [1.82, 2.24) is 10.2 Å². The summed E-state index contributed by atoms with van der Waals surface area (Å²) >= 11 is 0. The van der Waals surface area contributed by atoms with Gasteiger partial charge in [0.2, 0.25) is 5.91 Å². The van der Waals surface area contributed by atoms with Gasteiger partial charge < -0.3 is 24.8 Å². The molecule has 0 saturated carbocycles. The van der Waals surface area contributed by atoms with E-state index in [4.69, 9.17) is 14.6 Å². The van der Waals surface area contributed by atoms with Gasteiger partial charge in [-0.1, -0.05) is 6.92 Å². The standard InChI is InChI=1S/C15H26N2O6/c1-6-9(2)17(7-11(20)16-5)14(21)13-12(10(19)8-18)22-15(3,4)23-13/h9,12-13,18H,6-8H2,1-5H3,(H,16,20). The van der Waals surface area contributed by atoms with Crippen LogP contribution in [0.5, 0.6) is 0 Å². The van der Waals surface area contributed by atoms with Crippen LogP contribution in [-0.2, 0) is 23.9 Å². The molecular weight excluding hydrogens is 304 g/mol. The number of aliphatic hydroxyl groups excluding tert-OH is 1. The summed E-state index contributed by atoms with van der Waals surface area (Å²) in [5.41, 5.74) is 0. The maximum Gasteiger partial charge on any atom is 0.255 e. The Labute approximate surface area is 136 Å². The van der Waals surface area contributed by atoms with E-state index in [1.54, 1.807) is 13.8 Å². The lowest BCUT2D eigenvalue weighted by molar-refractivity contribution is -0.164. The molecule has 2 amide bonds. The Kier molecular flexibility index (Phi) is 6.67. The molecule has 8 heteroatoms. The molecule has 0 bridgehead atoms. The number of nitrogens with zero attached hydrogens (tertiary/aromatic N) is 1. The normalized spacial score (nSPS) is 24.1. The van der Waals surface area contributed by atoms with Crippen molar-refractivity contribution in [3.05, 3.63) is 0 Å². The second kappa shape index (κ2) is 7.85. The number of ketones is 1. The minimum atomic E-state index is -1.18. The van der Waals surface area contributed by atoms with E-state index in [0.717, 1.165) is 0 Å². The quantitative estimate of drug-likeness (QED) is 0.648. The Morgan fingerprint density at radius 2 is 1.83 bits per heavy atom. The second-order valence-electron chi connectivity index (χ2n) is 6.00. The molecule has 23 heavy (non-hydrogen) atoms. The maximum atomic E-state index is 12.8. The molecule has 3 unspecified atom stereocenters. The van der Waals surface area contributed by atoms with Gasteiger partial charge in [-0.2, -0.15) is 0 Å². The van der Waals surface area contributed by atoms with Crippen molar-refractivity contribution in [2.24, 2.45) is 0 Å². The van der Waals surface area contributed by atoms with Crippen LogP contribution in [0.4, 0.5) is 0 Å². The maximum absolute atomic E-state index is 12.8. The highest BCUT2D eigenvalue weighted by atomic mass is 16.8. The lowest BCUT2D eigenvalue weighted by atomic mass is 10.1. The smallest absolute Gasteiger partial charge is 0.255 e. The van der Waals surface area contributed by atoms with E-state index in [-0.39, 0.29) is 18.5 Å². The molecule has 132 valence electrons. The summed E-state index contributed by atoms with van der Waals surface area (Å²) in [5.74, 6) is -2.57. The molecular formula is C15H26N2O6. The molecule has 0 radical (unpaired) electrons. The third-order valence-corrected chi connectivity index (χ3v) is 3.81. The van der Waals surface area contributed by atoms with Gasteiger partial charge in [0, 0.05) is 13.1 Å². The van der Waals surface area contributed by atoms with Gasteiger partial charge in [0.1, 0.15) is 6.61 Å². The number of nitrogens with one attached hydrogen (secondary N) is 1. The van der Waals surface area contributed by atoms with Gasteiger partial charge in [0.15, 0.2) is 23.8 Å². The average molecular weight is 330 g/mol. The molecule has 1 heterocycles. The molecule has 8 nitrogen and oxygen atoms in total. The van der Waals surface area contributed by atoms with E-state index in [9.17, 15) is 14.4 Å². The number of carbonyl (C=O) groups is 3. The molecule has 0 aromatic rings. The zero-order valence-corrected chi connectivity index (χ0v) is 14.3. The number of amides is 2. The summed E-state index contributed by atoms with van der Waals surface area (Å²) in [7, 11) is 1.48. The van der Waals surface area contributed by atoms with Gasteiger partial charge in [-0.05, 0) is 27.2 Å². The first kappa shape index (κ1) is 19.5. The van der Waals surface area contributed by atoms with Gasteiger partial charge in [-0.15, -0.1) is 0 Å². The largest absolute Gasteiger partial charge is 0.388 e. The number of carbonyl (C=O) groups excluding carboxylic acids is 3. The Hall–Kier alpha value is -1.51. The summed E-state index contributed by atoms with van der Waals surface area (Å²) in [6.07, 6.45) is -1.72. The lowest BCUT2D eigenvalue weighted by Gasteiger charge is -2.30. The molecule has 0 aromatic heterocycles. The fraction of sp³-hybridized carbons (Fsp3) is 0.800. The SMILES string of the molecule is CCC(C)N(CC(=O)NC)C(=O)C1OC(C)(C)OC1C(=O)CO. The Balaban J connectivity index is 3.04. The highest BCUT2D eigenvalue weighted by Crippen LogP contribution is 2.30. The third kappa shape index (κ3) is 4.73. The molecule has 0 spiro atoms. The van der Waals surface area contributed by atoms with E-state index in [1.807, 2.05) is 13.8 Å². The summed E-state index contributed by atoms with van der Waals surface area (Å²) < 4.78 is 11.0. The first-order chi connectivity index (χ1) is 10.7. The number of aliphatic hydroxyl groups is 1. The molecule has 1 aliphatic heterocycles. The zero-order valence-electron chi connectivity index (χ0n) is 14.3. The van der Waals surface area contributed by atoms with Crippen molar-refractivity contribution in [3.8, 4) is 0 Å². The molecule has 0 aromatic carbocycles. The number of likely N-dealkylation sites (N-methyl/N-ethyl adjacent to an activating group) is 1. The van der Waals surface area contributed by atoms with E-state index in [2.05, 4.69) is 5.32 Å². The predicted octanol–water partition coefficient (Wildman–Crippen LogP) is -0.559. The first-order valence-corrected chi connectivity index (χ1v) is 7.67. The summed E-state index contributed by atoms with van der Waals surface area (Å²) in [6.45, 7) is 6.00. The van der Waals surface area contributed by atoms with Crippen molar-refractivity contribution < 1.29 is 29.0 Å². The Bertz CT molecular complexity index is 465. The van der Waals surface area contributed by atoms with Gasteiger partial charge in [-0.3, -0.25) is 14.4 Å². The fourth-order valence-electron chi connectivity index (χ4n) is 2.34. The molecule has 1 saturated heterocycles. The van der Waals surface area contributed by atoms with Crippen LogP contribution < -0.4 is 5.32 Å².